The van der Waals surface area contributed by atoms with Crippen LogP contribution in [0.25, 0.3) is 5.69 Å². The first-order valence-corrected chi connectivity index (χ1v) is 18.0. The van der Waals surface area contributed by atoms with Crippen molar-refractivity contribution in [2.24, 2.45) is 5.92 Å². The van der Waals surface area contributed by atoms with Crippen molar-refractivity contribution in [3.05, 3.63) is 94.2 Å². The Morgan fingerprint density at radius 3 is 2.32 bits per heavy atom. The summed E-state index contributed by atoms with van der Waals surface area (Å²) in [6, 6.07) is 8.27. The van der Waals surface area contributed by atoms with Crippen LogP contribution >= 0.6 is 0 Å². The van der Waals surface area contributed by atoms with Gasteiger partial charge in [0, 0.05) is 57.6 Å². The molecule has 3 aromatic heterocycles. The molecule has 1 aromatic carbocycles. The Hall–Kier alpha value is -5.64. The fourth-order valence-electron chi connectivity index (χ4n) is 6.99. The van der Waals surface area contributed by atoms with Gasteiger partial charge in [-0.1, -0.05) is 25.3 Å². The molecule has 16 heteroatoms. The van der Waals surface area contributed by atoms with Gasteiger partial charge >= 0.3 is 0 Å². The van der Waals surface area contributed by atoms with E-state index in [9.17, 15) is 24.0 Å². The number of amides is 4. The van der Waals surface area contributed by atoms with Gasteiger partial charge in [0.05, 0.1) is 17.6 Å². The predicted molar refractivity (Wildman–Crippen MR) is 194 cm³/mol. The molecule has 1 saturated carbocycles. The van der Waals surface area contributed by atoms with E-state index in [0.717, 1.165) is 32.1 Å². The number of likely N-dealkylation sites (N-methyl/N-ethyl adjacent to an activating group) is 1. The quantitative estimate of drug-likeness (QED) is 0.172. The minimum atomic E-state index is -1.05. The molecule has 1 aliphatic carbocycles. The third kappa shape index (κ3) is 8.88. The molecule has 4 N–H and O–H groups in total. The predicted octanol–water partition coefficient (Wildman–Crippen LogP) is 2.35. The second kappa shape index (κ2) is 16.8. The standard InChI is InChI=1S/C37H45FN10O5/c1-3-47-30(13-15-40-47)34(50)44-33(25-7-5-4-6-8-25)36(52)42-28-11-9-24(21-27(28)38)22-29(37(53)46-19-17-45(2)18-20-46)43-35(51)31-14-16-41-48(31)26-10-12-32(49)39-23-26/h9-16,21,23,25,29,33H,3-8,17-20,22H2,1-2H3,(H,39,49)(H,42,52)(H,43,51)(H,44,50)/t29-,33+/m1/s1. The van der Waals surface area contributed by atoms with Gasteiger partial charge in [0.15, 0.2) is 0 Å². The largest absolute Gasteiger partial charge is 0.339 e. The molecule has 1 aliphatic heterocycles. The van der Waals surface area contributed by atoms with Crippen molar-refractivity contribution in [3.63, 3.8) is 0 Å². The Kier molecular flexibility index (Phi) is 11.8. The van der Waals surface area contributed by atoms with Crippen molar-refractivity contribution < 1.29 is 23.6 Å². The number of nitrogens with one attached hydrogen (secondary N) is 4. The fraction of sp³-hybridized carbons (Fsp3) is 0.432. The average Bonchev–Trinajstić information content (AvgIpc) is 3.86. The number of hydrogen-bond acceptors (Lipinski definition) is 8. The molecule has 0 unspecified atom stereocenters. The zero-order chi connectivity index (χ0) is 37.5. The number of anilines is 1. The maximum absolute atomic E-state index is 15.8. The molecule has 2 atom stereocenters. The summed E-state index contributed by atoms with van der Waals surface area (Å²) in [5.41, 5.74) is 0.964. The number of pyridine rings is 1. The van der Waals surface area contributed by atoms with E-state index >= 15 is 4.39 Å². The number of aromatic nitrogens is 5. The van der Waals surface area contributed by atoms with Crippen LogP contribution in [0, 0.1) is 11.7 Å². The molecule has 2 fully saturated rings. The van der Waals surface area contributed by atoms with Crippen molar-refractivity contribution in [3.8, 4) is 5.69 Å². The lowest BCUT2D eigenvalue weighted by molar-refractivity contribution is -0.134. The lowest BCUT2D eigenvalue weighted by atomic mass is 9.83. The van der Waals surface area contributed by atoms with Gasteiger partial charge in [-0.15, -0.1) is 0 Å². The number of aromatic amines is 1. The number of nitrogens with zero attached hydrogens (tertiary/aromatic N) is 6. The number of hydrogen-bond donors (Lipinski definition) is 4. The monoisotopic (exact) mass is 728 g/mol. The summed E-state index contributed by atoms with van der Waals surface area (Å²) >= 11 is 0. The molecule has 6 rings (SSSR count). The summed E-state index contributed by atoms with van der Waals surface area (Å²) in [5.74, 6) is -2.67. The molecule has 4 heterocycles. The minimum Gasteiger partial charge on any atom is -0.339 e. The Labute approximate surface area is 305 Å². The number of carbonyl (C=O) groups excluding carboxylic acids is 4. The molecule has 0 spiro atoms. The molecular formula is C37H45FN10O5. The lowest BCUT2D eigenvalue weighted by Gasteiger charge is -2.35. The van der Waals surface area contributed by atoms with Gasteiger partial charge < -0.3 is 30.7 Å². The van der Waals surface area contributed by atoms with Crippen LogP contribution in [0.2, 0.25) is 0 Å². The highest BCUT2D eigenvalue weighted by molar-refractivity contribution is 6.01. The van der Waals surface area contributed by atoms with Gasteiger partial charge in [-0.25, -0.2) is 9.07 Å². The van der Waals surface area contributed by atoms with Crippen LogP contribution in [-0.2, 0) is 22.6 Å². The molecule has 4 aromatic rings. The van der Waals surface area contributed by atoms with Gasteiger partial charge in [0.25, 0.3) is 11.8 Å². The second-order valence-corrected chi connectivity index (χ2v) is 13.6. The van der Waals surface area contributed by atoms with Crippen LogP contribution in [0.5, 0.6) is 0 Å². The topological polar surface area (TPSA) is 179 Å². The summed E-state index contributed by atoms with van der Waals surface area (Å²) < 4.78 is 18.7. The van der Waals surface area contributed by atoms with E-state index in [-0.39, 0.29) is 35.2 Å². The zero-order valence-corrected chi connectivity index (χ0v) is 29.9. The molecule has 1 saturated heterocycles. The molecule has 280 valence electrons. The fourth-order valence-corrected chi connectivity index (χ4v) is 6.99. The number of carbonyl (C=O) groups is 4. The molecule has 0 radical (unpaired) electrons. The molecule has 53 heavy (non-hydrogen) atoms. The van der Waals surface area contributed by atoms with Crippen molar-refractivity contribution in [1.82, 2.24) is 45.0 Å². The Bertz CT molecular complexity index is 1970. The maximum atomic E-state index is 15.8. The van der Waals surface area contributed by atoms with Crippen molar-refractivity contribution in [2.75, 3.05) is 38.5 Å². The summed E-state index contributed by atoms with van der Waals surface area (Å²) in [5, 5.41) is 16.8. The highest BCUT2D eigenvalue weighted by atomic mass is 19.1. The number of rotatable bonds is 12. The molecule has 0 bridgehead atoms. The molecular weight excluding hydrogens is 683 g/mol. The number of benzene rings is 1. The Morgan fingerprint density at radius 1 is 0.906 bits per heavy atom. The van der Waals surface area contributed by atoms with Crippen LogP contribution in [0.4, 0.5) is 10.1 Å². The van der Waals surface area contributed by atoms with Crippen LogP contribution < -0.4 is 21.5 Å². The lowest BCUT2D eigenvalue weighted by Crippen LogP contribution is -2.55. The minimum absolute atomic E-state index is 0.0271. The third-order valence-corrected chi connectivity index (χ3v) is 9.98. The second-order valence-electron chi connectivity index (χ2n) is 13.6. The smallest absolute Gasteiger partial charge is 0.270 e. The first-order valence-electron chi connectivity index (χ1n) is 18.0. The summed E-state index contributed by atoms with van der Waals surface area (Å²) in [7, 11) is 1.97. The molecule has 4 amide bonds. The molecule has 15 nitrogen and oxygen atoms in total. The Morgan fingerprint density at radius 2 is 1.62 bits per heavy atom. The van der Waals surface area contributed by atoms with Gasteiger partial charge in [0.2, 0.25) is 17.4 Å². The molecule has 2 aliphatic rings. The van der Waals surface area contributed by atoms with Crippen molar-refractivity contribution >= 4 is 29.3 Å². The van der Waals surface area contributed by atoms with Gasteiger partial charge in [-0.2, -0.15) is 10.2 Å². The van der Waals surface area contributed by atoms with Crippen LogP contribution in [0.3, 0.4) is 0 Å². The summed E-state index contributed by atoms with van der Waals surface area (Å²) in [6.45, 7) is 4.62. The zero-order valence-electron chi connectivity index (χ0n) is 29.9. The number of halogens is 1. The van der Waals surface area contributed by atoms with Gasteiger partial charge in [0.1, 0.15) is 29.3 Å². The van der Waals surface area contributed by atoms with E-state index < -0.39 is 35.6 Å². The van der Waals surface area contributed by atoms with Crippen LogP contribution in [-0.4, -0.2) is 103 Å². The average molecular weight is 729 g/mol. The first-order chi connectivity index (χ1) is 25.6. The van der Waals surface area contributed by atoms with E-state index in [2.05, 4.69) is 36.0 Å². The highest BCUT2D eigenvalue weighted by Crippen LogP contribution is 2.28. The normalized spacial score (nSPS) is 16.5. The van der Waals surface area contributed by atoms with Crippen molar-refractivity contribution in [1.29, 1.82) is 0 Å². The van der Waals surface area contributed by atoms with Crippen molar-refractivity contribution in [2.45, 2.75) is 64.1 Å². The summed E-state index contributed by atoms with van der Waals surface area (Å²) in [6.07, 6.45) is 8.79. The van der Waals surface area contributed by atoms with E-state index in [0.29, 0.717) is 49.7 Å². The highest BCUT2D eigenvalue weighted by Gasteiger charge is 2.33. The summed E-state index contributed by atoms with van der Waals surface area (Å²) in [4.78, 5) is 72.4. The van der Waals surface area contributed by atoms with E-state index in [1.54, 1.807) is 21.7 Å². The number of H-pyrrole nitrogens is 1. The van der Waals surface area contributed by atoms with E-state index in [1.807, 2.05) is 14.0 Å². The van der Waals surface area contributed by atoms with Gasteiger partial charge in [-0.05, 0) is 68.6 Å². The Balaban J connectivity index is 1.19. The third-order valence-electron chi connectivity index (χ3n) is 9.98. The number of aryl methyl sites for hydroxylation is 1. The van der Waals surface area contributed by atoms with E-state index in [1.165, 1.54) is 53.6 Å². The first kappa shape index (κ1) is 37.1. The van der Waals surface area contributed by atoms with E-state index in [4.69, 9.17) is 0 Å². The maximum Gasteiger partial charge on any atom is 0.270 e. The SMILES string of the molecule is CCn1nccc1C(=O)N[C@H](C(=O)Nc1ccc(C[C@@H](NC(=O)c2ccnn2-c2ccc(=O)[nH]c2)C(=O)N2CCN(C)CC2)cc1F)C1CCCCC1. The van der Waals surface area contributed by atoms with Crippen LogP contribution in [0.15, 0.2) is 65.8 Å². The number of piperazine rings is 1. The van der Waals surface area contributed by atoms with Crippen LogP contribution in [0.1, 0.15) is 65.6 Å². The van der Waals surface area contributed by atoms with Gasteiger partial charge in [-0.3, -0.25) is 28.7 Å².